The first kappa shape index (κ1) is 12.3. The molecule has 2 aromatic carbocycles. The van der Waals surface area contributed by atoms with Crippen molar-refractivity contribution in [3.8, 4) is 11.1 Å². The molecular weight excluding hydrogens is 249 g/mol. The van der Waals surface area contributed by atoms with Gasteiger partial charge in [-0.1, -0.05) is 54.6 Å². The summed E-state index contributed by atoms with van der Waals surface area (Å²) in [5.74, 6) is -1.49. The second kappa shape index (κ2) is 4.41. The number of rotatable bonds is 2. The Morgan fingerprint density at radius 2 is 1.37 bits per heavy atom. The van der Waals surface area contributed by atoms with Gasteiger partial charge in [-0.3, -0.25) is 0 Å². The van der Waals surface area contributed by atoms with Gasteiger partial charge in [-0.05, 0) is 29.0 Å². The van der Waals surface area contributed by atoms with Gasteiger partial charge in [0.25, 0.3) is 0 Å². The van der Waals surface area contributed by atoms with Crippen molar-refractivity contribution in [1.29, 1.82) is 0 Å². The van der Waals surface area contributed by atoms with Gasteiger partial charge in [0.2, 0.25) is 0 Å². The van der Waals surface area contributed by atoms with Crippen LogP contribution in [0.3, 0.4) is 0 Å². The second-order valence-corrected chi connectivity index (χ2v) is 4.98. The quantitative estimate of drug-likeness (QED) is 0.713. The summed E-state index contributed by atoms with van der Waals surface area (Å²) >= 11 is 0. The topological polar surface area (TPSA) is 0 Å². The maximum absolute atomic E-state index is 12.5. The van der Waals surface area contributed by atoms with E-state index >= 15 is 0 Å². The number of hydrogen-bond acceptors (Lipinski definition) is 0. The zero-order valence-electron chi connectivity index (χ0n) is 10.2. The summed E-state index contributed by atoms with van der Waals surface area (Å²) in [6.45, 7) is 0. The van der Waals surface area contributed by atoms with Crippen molar-refractivity contribution in [3.63, 3.8) is 0 Å². The van der Waals surface area contributed by atoms with E-state index < -0.39 is 12.1 Å². The number of hydrogen-bond donors (Lipinski definition) is 0. The molecule has 0 saturated heterocycles. The van der Waals surface area contributed by atoms with Gasteiger partial charge in [0, 0.05) is 0 Å². The minimum absolute atomic E-state index is 0.230. The van der Waals surface area contributed by atoms with Gasteiger partial charge in [0.15, 0.2) is 0 Å². The molecule has 3 heteroatoms. The lowest BCUT2D eigenvalue weighted by molar-refractivity contribution is -0.148. The first-order valence-electron chi connectivity index (χ1n) is 6.28. The van der Waals surface area contributed by atoms with Gasteiger partial charge in [0.05, 0.1) is 5.92 Å². The Hall–Kier alpha value is -1.77. The Bertz CT molecular complexity index is 555. The van der Waals surface area contributed by atoms with Gasteiger partial charge in [-0.2, -0.15) is 13.2 Å². The van der Waals surface area contributed by atoms with E-state index in [0.717, 1.165) is 16.7 Å². The fraction of sp³-hybridized carbons (Fsp3) is 0.250. The van der Waals surface area contributed by atoms with Crippen molar-refractivity contribution >= 4 is 0 Å². The minimum Gasteiger partial charge on any atom is -0.171 e. The van der Waals surface area contributed by atoms with E-state index in [9.17, 15) is 13.2 Å². The van der Waals surface area contributed by atoms with Crippen LogP contribution in [0.25, 0.3) is 11.1 Å². The van der Waals surface area contributed by atoms with Gasteiger partial charge in [-0.25, -0.2) is 0 Å². The molecule has 0 amide bonds. The molecule has 2 atom stereocenters. The molecule has 1 aliphatic rings. The molecule has 19 heavy (non-hydrogen) atoms. The Morgan fingerprint density at radius 3 is 1.89 bits per heavy atom. The molecule has 0 heterocycles. The molecule has 0 spiro atoms. The molecule has 0 radical (unpaired) electrons. The molecule has 0 nitrogen and oxygen atoms in total. The van der Waals surface area contributed by atoms with Crippen LogP contribution in [0.1, 0.15) is 17.9 Å². The summed E-state index contributed by atoms with van der Waals surface area (Å²) in [5.41, 5.74) is 2.91. The first-order chi connectivity index (χ1) is 9.05. The molecule has 0 aliphatic heterocycles. The third-order valence-corrected chi connectivity index (χ3v) is 3.66. The molecule has 1 saturated carbocycles. The lowest BCUT2D eigenvalue weighted by atomic mass is 10.0. The average Bonchev–Trinajstić information content (AvgIpc) is 3.20. The third-order valence-electron chi connectivity index (χ3n) is 3.66. The van der Waals surface area contributed by atoms with Crippen LogP contribution in [-0.4, -0.2) is 6.18 Å². The largest absolute Gasteiger partial charge is 0.392 e. The SMILES string of the molecule is FC(F)(F)[C@H]1C[C@@H]1c1ccc(-c2ccccc2)cc1. The number of alkyl halides is 3. The molecule has 0 bridgehead atoms. The highest BCUT2D eigenvalue weighted by Gasteiger charge is 2.55. The lowest BCUT2D eigenvalue weighted by Crippen LogP contribution is -2.11. The van der Waals surface area contributed by atoms with Gasteiger partial charge < -0.3 is 0 Å². The van der Waals surface area contributed by atoms with Crippen LogP contribution in [0, 0.1) is 5.92 Å². The Kier molecular flexibility index (Phi) is 2.85. The van der Waals surface area contributed by atoms with E-state index in [0.29, 0.717) is 0 Å². The molecule has 98 valence electrons. The van der Waals surface area contributed by atoms with E-state index in [1.807, 2.05) is 54.6 Å². The molecule has 3 rings (SSSR count). The summed E-state index contributed by atoms with van der Waals surface area (Å²) < 4.78 is 37.6. The van der Waals surface area contributed by atoms with Crippen LogP contribution in [0.2, 0.25) is 0 Å². The standard InChI is InChI=1S/C16H13F3/c17-16(18,19)15-10-14(15)13-8-6-12(7-9-13)11-4-2-1-3-5-11/h1-9,14-15H,10H2/t14-,15+/m1/s1. The Balaban J connectivity index is 1.78. The van der Waals surface area contributed by atoms with E-state index in [1.165, 1.54) is 0 Å². The molecule has 0 unspecified atom stereocenters. The molecule has 0 N–H and O–H groups in total. The Morgan fingerprint density at radius 1 is 0.789 bits per heavy atom. The van der Waals surface area contributed by atoms with E-state index in [4.69, 9.17) is 0 Å². The van der Waals surface area contributed by atoms with E-state index in [1.54, 1.807) is 0 Å². The molecule has 1 fully saturated rings. The number of halogens is 3. The molecule has 2 aromatic rings. The predicted molar refractivity (Wildman–Crippen MR) is 68.8 cm³/mol. The van der Waals surface area contributed by atoms with Crippen molar-refractivity contribution in [2.24, 2.45) is 5.92 Å². The van der Waals surface area contributed by atoms with Crippen LogP contribution < -0.4 is 0 Å². The van der Waals surface area contributed by atoms with Gasteiger partial charge in [0.1, 0.15) is 0 Å². The molecular formula is C16H13F3. The van der Waals surface area contributed by atoms with Crippen molar-refractivity contribution in [3.05, 3.63) is 60.2 Å². The number of benzene rings is 2. The van der Waals surface area contributed by atoms with Crippen LogP contribution in [0.15, 0.2) is 54.6 Å². The normalized spacial score (nSPS) is 22.3. The van der Waals surface area contributed by atoms with Crippen molar-refractivity contribution < 1.29 is 13.2 Å². The molecule has 1 aliphatic carbocycles. The summed E-state index contributed by atoms with van der Waals surface area (Å²) in [5, 5.41) is 0. The van der Waals surface area contributed by atoms with Crippen molar-refractivity contribution in [1.82, 2.24) is 0 Å². The zero-order chi connectivity index (χ0) is 13.5. The summed E-state index contributed by atoms with van der Waals surface area (Å²) in [4.78, 5) is 0. The maximum atomic E-state index is 12.5. The van der Waals surface area contributed by atoms with Gasteiger partial charge in [-0.15, -0.1) is 0 Å². The predicted octanol–water partition coefficient (Wildman–Crippen LogP) is 5.02. The maximum Gasteiger partial charge on any atom is 0.392 e. The first-order valence-corrected chi connectivity index (χ1v) is 6.28. The van der Waals surface area contributed by atoms with Crippen molar-refractivity contribution in [2.75, 3.05) is 0 Å². The summed E-state index contributed by atoms with van der Waals surface area (Å²) in [6, 6.07) is 17.3. The van der Waals surface area contributed by atoms with Crippen molar-refractivity contribution in [2.45, 2.75) is 18.5 Å². The fourth-order valence-electron chi connectivity index (χ4n) is 2.48. The smallest absolute Gasteiger partial charge is 0.171 e. The van der Waals surface area contributed by atoms with Gasteiger partial charge >= 0.3 is 6.18 Å². The fourth-order valence-corrected chi connectivity index (χ4v) is 2.48. The third kappa shape index (κ3) is 2.50. The monoisotopic (exact) mass is 262 g/mol. The zero-order valence-corrected chi connectivity index (χ0v) is 10.2. The summed E-state index contributed by atoms with van der Waals surface area (Å²) in [6.07, 6.45) is -3.82. The minimum atomic E-state index is -4.05. The van der Waals surface area contributed by atoms with E-state index in [2.05, 4.69) is 0 Å². The van der Waals surface area contributed by atoms with Crippen LogP contribution >= 0.6 is 0 Å². The highest BCUT2D eigenvalue weighted by molar-refractivity contribution is 5.63. The molecule has 0 aromatic heterocycles. The average molecular weight is 262 g/mol. The second-order valence-electron chi connectivity index (χ2n) is 4.98. The highest BCUT2D eigenvalue weighted by atomic mass is 19.4. The summed E-state index contributed by atoms with van der Waals surface area (Å²) in [7, 11) is 0. The van der Waals surface area contributed by atoms with E-state index in [-0.39, 0.29) is 12.3 Å². The van der Waals surface area contributed by atoms with Crippen LogP contribution in [-0.2, 0) is 0 Å². The Labute approximate surface area is 109 Å². The van der Waals surface area contributed by atoms with Crippen LogP contribution in [0.4, 0.5) is 13.2 Å². The van der Waals surface area contributed by atoms with Crippen LogP contribution in [0.5, 0.6) is 0 Å². The highest BCUT2D eigenvalue weighted by Crippen LogP contribution is 2.56. The lowest BCUT2D eigenvalue weighted by Gasteiger charge is -2.06.